The summed E-state index contributed by atoms with van der Waals surface area (Å²) < 4.78 is 7.64. The minimum Gasteiger partial charge on any atom is -0.497 e. The van der Waals surface area contributed by atoms with Gasteiger partial charge in [-0.05, 0) is 66.8 Å². The van der Waals surface area contributed by atoms with Crippen LogP contribution in [0.25, 0.3) is 0 Å². The molecule has 3 aromatic rings. The van der Waals surface area contributed by atoms with Gasteiger partial charge in [-0.1, -0.05) is 45.0 Å². The van der Waals surface area contributed by atoms with Crippen molar-refractivity contribution >= 4 is 11.8 Å². The number of fused-ring (bicyclic) bond motifs is 1. The summed E-state index contributed by atoms with van der Waals surface area (Å²) in [4.78, 5) is 30.9. The number of rotatable bonds is 6. The zero-order valence-electron chi connectivity index (χ0n) is 22.2. The lowest BCUT2D eigenvalue weighted by Crippen LogP contribution is -2.49. The molecule has 1 aromatic heterocycles. The van der Waals surface area contributed by atoms with Gasteiger partial charge in [0, 0.05) is 36.6 Å². The summed E-state index contributed by atoms with van der Waals surface area (Å²) in [5.74, 6) is 0.557. The van der Waals surface area contributed by atoms with Crippen molar-refractivity contribution < 1.29 is 14.3 Å². The van der Waals surface area contributed by atoms with E-state index in [-0.39, 0.29) is 35.9 Å². The lowest BCUT2D eigenvalue weighted by molar-refractivity contribution is -0.135. The van der Waals surface area contributed by atoms with Crippen molar-refractivity contribution in [1.29, 1.82) is 0 Å². The lowest BCUT2D eigenvalue weighted by Gasteiger charge is -2.39. The molecule has 0 bridgehead atoms. The van der Waals surface area contributed by atoms with E-state index in [0.717, 1.165) is 23.6 Å². The fraction of sp³-hybridized carbons (Fsp3) is 0.400. The van der Waals surface area contributed by atoms with Crippen LogP contribution in [0.4, 0.5) is 0 Å². The molecule has 0 N–H and O–H groups in total. The Morgan fingerprint density at radius 3 is 2.39 bits per heavy atom. The van der Waals surface area contributed by atoms with Crippen LogP contribution in [-0.4, -0.2) is 52.4 Å². The summed E-state index contributed by atoms with van der Waals surface area (Å²) in [6.45, 7) is 11.7. The van der Waals surface area contributed by atoms with Crippen LogP contribution in [-0.2, 0) is 16.8 Å². The van der Waals surface area contributed by atoms with Crippen molar-refractivity contribution in [3.8, 4) is 5.75 Å². The maximum Gasteiger partial charge on any atom is 0.254 e. The number of hydrogen-bond acceptors (Lipinski definition) is 3. The Bertz CT molecular complexity index is 1220. The molecule has 1 aliphatic rings. The molecule has 2 heterocycles. The Labute approximate surface area is 214 Å². The van der Waals surface area contributed by atoms with Crippen molar-refractivity contribution in [2.24, 2.45) is 0 Å². The summed E-state index contributed by atoms with van der Waals surface area (Å²) in [6, 6.07) is 19.3. The van der Waals surface area contributed by atoms with Gasteiger partial charge in [-0.2, -0.15) is 0 Å². The highest BCUT2D eigenvalue weighted by Gasteiger charge is 2.34. The van der Waals surface area contributed by atoms with E-state index in [1.165, 1.54) is 5.56 Å². The minimum absolute atomic E-state index is 0.0103. The molecule has 6 nitrogen and oxygen atoms in total. The summed E-state index contributed by atoms with van der Waals surface area (Å²) in [5, 5.41) is 0. The molecule has 0 saturated carbocycles. The smallest absolute Gasteiger partial charge is 0.254 e. The third-order valence-electron chi connectivity index (χ3n) is 6.96. The summed E-state index contributed by atoms with van der Waals surface area (Å²) >= 11 is 0. The highest BCUT2D eigenvalue weighted by Crippen LogP contribution is 2.34. The fourth-order valence-corrected chi connectivity index (χ4v) is 4.82. The zero-order valence-corrected chi connectivity index (χ0v) is 22.2. The Balaban J connectivity index is 1.60. The van der Waals surface area contributed by atoms with Crippen LogP contribution in [0.15, 0.2) is 66.9 Å². The quantitative estimate of drug-likeness (QED) is 0.476. The van der Waals surface area contributed by atoms with Crippen LogP contribution in [0.5, 0.6) is 5.75 Å². The molecule has 1 unspecified atom stereocenters. The Hall–Kier alpha value is -3.54. The number of carbonyl (C=O) groups is 2. The van der Waals surface area contributed by atoms with Gasteiger partial charge in [0.1, 0.15) is 12.3 Å². The second-order valence-corrected chi connectivity index (χ2v) is 10.7. The maximum atomic E-state index is 13.8. The summed E-state index contributed by atoms with van der Waals surface area (Å²) in [6.07, 6.45) is 2.05. The van der Waals surface area contributed by atoms with E-state index in [9.17, 15) is 9.59 Å². The molecule has 2 aromatic carbocycles. The van der Waals surface area contributed by atoms with Crippen LogP contribution in [0.1, 0.15) is 67.8 Å². The van der Waals surface area contributed by atoms with Crippen molar-refractivity contribution in [2.75, 3.05) is 20.2 Å². The van der Waals surface area contributed by atoms with E-state index in [1.54, 1.807) is 12.0 Å². The summed E-state index contributed by atoms with van der Waals surface area (Å²) in [5.41, 5.74) is 3.83. The third kappa shape index (κ3) is 5.18. The van der Waals surface area contributed by atoms with Crippen molar-refractivity contribution in [1.82, 2.24) is 14.4 Å². The maximum absolute atomic E-state index is 13.8. The van der Waals surface area contributed by atoms with Gasteiger partial charge in [0.2, 0.25) is 5.91 Å². The molecule has 6 heteroatoms. The van der Waals surface area contributed by atoms with Gasteiger partial charge >= 0.3 is 0 Å². The number of methoxy groups -OCH3 is 1. The number of ether oxygens (including phenoxy) is 1. The molecule has 0 spiro atoms. The number of hydrogen-bond donors (Lipinski definition) is 0. The van der Waals surface area contributed by atoms with Gasteiger partial charge in [-0.3, -0.25) is 9.59 Å². The normalized spacial score (nSPS) is 15.5. The second-order valence-electron chi connectivity index (χ2n) is 10.7. The first-order valence-corrected chi connectivity index (χ1v) is 12.6. The van der Waals surface area contributed by atoms with Crippen molar-refractivity contribution in [3.63, 3.8) is 0 Å². The van der Waals surface area contributed by atoms with Crippen LogP contribution in [0.3, 0.4) is 0 Å². The Morgan fingerprint density at radius 1 is 1.03 bits per heavy atom. The first kappa shape index (κ1) is 25.5. The number of carbonyl (C=O) groups excluding carboxylic acids is 2. The van der Waals surface area contributed by atoms with Gasteiger partial charge in [0.05, 0.1) is 13.2 Å². The molecule has 0 saturated heterocycles. The lowest BCUT2D eigenvalue weighted by atomic mass is 9.86. The zero-order chi connectivity index (χ0) is 26.0. The molecule has 1 atom stereocenters. The third-order valence-corrected chi connectivity index (χ3v) is 6.96. The van der Waals surface area contributed by atoms with Crippen LogP contribution in [0, 0.1) is 0 Å². The number of amides is 2. The SMILES string of the molecule is COc1cccc(C2c3cccn3CCN2C(=O)CN(C(=O)c2ccc(C(C)(C)C)cc2)C(C)C)c1. The van der Waals surface area contributed by atoms with Crippen molar-refractivity contribution in [2.45, 2.75) is 58.7 Å². The summed E-state index contributed by atoms with van der Waals surface area (Å²) in [7, 11) is 1.64. The highest BCUT2D eigenvalue weighted by molar-refractivity contribution is 5.97. The van der Waals surface area contributed by atoms with E-state index in [0.29, 0.717) is 12.1 Å². The monoisotopic (exact) mass is 487 g/mol. The molecule has 36 heavy (non-hydrogen) atoms. The molecule has 2 amide bonds. The van der Waals surface area contributed by atoms with Crippen LogP contribution < -0.4 is 4.74 Å². The highest BCUT2D eigenvalue weighted by atomic mass is 16.5. The largest absolute Gasteiger partial charge is 0.497 e. The topological polar surface area (TPSA) is 54.8 Å². The van der Waals surface area contributed by atoms with Gasteiger partial charge in [0.25, 0.3) is 5.91 Å². The first-order valence-electron chi connectivity index (χ1n) is 12.6. The minimum atomic E-state index is -0.244. The van der Waals surface area contributed by atoms with Crippen LogP contribution in [0.2, 0.25) is 0 Å². The molecular weight excluding hydrogens is 450 g/mol. The van der Waals surface area contributed by atoms with E-state index < -0.39 is 0 Å². The molecule has 190 valence electrons. The van der Waals surface area contributed by atoms with Crippen LogP contribution >= 0.6 is 0 Å². The van der Waals surface area contributed by atoms with Gasteiger partial charge < -0.3 is 19.1 Å². The van der Waals surface area contributed by atoms with E-state index in [1.807, 2.05) is 73.3 Å². The van der Waals surface area contributed by atoms with E-state index >= 15 is 0 Å². The number of aromatic nitrogens is 1. The fourth-order valence-electron chi connectivity index (χ4n) is 4.82. The number of benzene rings is 2. The second kappa shape index (κ2) is 10.2. The average molecular weight is 488 g/mol. The molecule has 0 fully saturated rings. The van der Waals surface area contributed by atoms with E-state index in [2.05, 4.69) is 37.6 Å². The molecule has 0 radical (unpaired) electrons. The van der Waals surface area contributed by atoms with Crippen molar-refractivity contribution in [3.05, 3.63) is 89.2 Å². The Kier molecular flexibility index (Phi) is 7.25. The average Bonchev–Trinajstić information content (AvgIpc) is 3.34. The van der Waals surface area contributed by atoms with E-state index in [4.69, 9.17) is 4.74 Å². The van der Waals surface area contributed by atoms with Gasteiger partial charge in [0.15, 0.2) is 0 Å². The van der Waals surface area contributed by atoms with Gasteiger partial charge in [-0.15, -0.1) is 0 Å². The molecule has 0 aliphatic carbocycles. The predicted molar refractivity (Wildman–Crippen MR) is 142 cm³/mol. The predicted octanol–water partition coefficient (Wildman–Crippen LogP) is 5.28. The Morgan fingerprint density at radius 2 is 1.75 bits per heavy atom. The molecule has 4 rings (SSSR count). The van der Waals surface area contributed by atoms with Gasteiger partial charge in [-0.25, -0.2) is 0 Å². The standard InChI is InChI=1S/C30H37N3O3/c1-21(2)33(29(35)22-12-14-24(15-13-22)30(3,4)5)20-27(34)32-18-17-31-16-8-11-26(31)28(32)23-9-7-10-25(19-23)36-6/h7-16,19,21,28H,17-18,20H2,1-6H3. The first-order chi connectivity index (χ1) is 17.1. The molecule has 1 aliphatic heterocycles. The number of nitrogens with zero attached hydrogens (tertiary/aromatic N) is 3. The molecular formula is C30H37N3O3.